The molecule has 1 heteroatoms. The van der Waals surface area contributed by atoms with Crippen molar-refractivity contribution in [3.8, 4) is 0 Å². The lowest BCUT2D eigenvalue weighted by atomic mass is 9.73. The van der Waals surface area contributed by atoms with Gasteiger partial charge in [0.05, 0.1) is 11.7 Å². The van der Waals surface area contributed by atoms with Crippen molar-refractivity contribution in [2.75, 3.05) is 4.90 Å². The van der Waals surface area contributed by atoms with Crippen molar-refractivity contribution >= 4 is 28.2 Å². The van der Waals surface area contributed by atoms with Crippen molar-refractivity contribution < 1.29 is 0 Å². The van der Waals surface area contributed by atoms with E-state index in [9.17, 15) is 0 Å². The van der Waals surface area contributed by atoms with Crippen LogP contribution in [-0.2, 0) is 0 Å². The number of rotatable bonds is 6. The first-order valence-electron chi connectivity index (χ1n) is 18.6. The SMILES string of the molecule is CC1=C(C)C(C)C(N(c2ccc(C)c(C)c2)c2c3c(c(C(c4ccc(C)c(C)c4)c4ccc(C)c(C)c4)c4ccccc24)C=CCC3C)C=C1. The van der Waals surface area contributed by atoms with Crippen molar-refractivity contribution in [3.05, 3.63) is 169 Å². The van der Waals surface area contributed by atoms with E-state index in [1.54, 1.807) is 0 Å². The van der Waals surface area contributed by atoms with Crippen LogP contribution in [0.5, 0.6) is 0 Å². The molecule has 0 aromatic heterocycles. The lowest BCUT2D eigenvalue weighted by Crippen LogP contribution is -2.38. The zero-order chi connectivity index (χ0) is 35.4. The Morgan fingerprint density at radius 3 is 1.80 bits per heavy atom. The predicted molar refractivity (Wildman–Crippen MR) is 217 cm³/mol. The third kappa shape index (κ3) is 5.75. The summed E-state index contributed by atoms with van der Waals surface area (Å²) in [5, 5.41) is 2.68. The fourth-order valence-electron chi connectivity index (χ4n) is 8.45. The maximum absolute atomic E-state index is 2.71. The van der Waals surface area contributed by atoms with E-state index in [2.05, 4.69) is 177 Å². The highest BCUT2D eigenvalue weighted by Crippen LogP contribution is 2.52. The fraction of sp³-hybridized carbons (Fsp3) is 0.306. The lowest BCUT2D eigenvalue weighted by molar-refractivity contribution is 0.570. The molecule has 50 heavy (non-hydrogen) atoms. The maximum atomic E-state index is 2.71. The Bertz CT molecular complexity index is 2170. The molecular weight excluding hydrogens is 603 g/mol. The molecule has 0 amide bonds. The highest BCUT2D eigenvalue weighted by molar-refractivity contribution is 6.04. The first kappa shape index (κ1) is 33.9. The van der Waals surface area contributed by atoms with Gasteiger partial charge >= 0.3 is 0 Å². The Balaban J connectivity index is 1.61. The standard InChI is InChI=1S/C49H53N/c1-29-18-22-39(26-34(29)6)47(40-23-19-30(2)35(7)27-40)48-42-15-11-12-16-43(42)49(46-33(5)14-13-17-44(46)48)50(41-24-20-31(3)36(8)28-41)45-25-21-32(4)37(9)38(45)10/h11-13,15-28,33,38,45,47H,14H2,1-10H3. The van der Waals surface area contributed by atoms with Crippen molar-refractivity contribution in [1.29, 1.82) is 0 Å². The minimum Gasteiger partial charge on any atom is -0.333 e. The van der Waals surface area contributed by atoms with E-state index in [1.165, 1.54) is 94.5 Å². The summed E-state index contributed by atoms with van der Waals surface area (Å²) in [4.78, 5) is 2.71. The van der Waals surface area contributed by atoms with Crippen LogP contribution in [0.2, 0.25) is 0 Å². The molecule has 0 spiro atoms. The summed E-state index contributed by atoms with van der Waals surface area (Å²) in [6.45, 7) is 22.9. The quantitative estimate of drug-likeness (QED) is 0.165. The van der Waals surface area contributed by atoms with E-state index in [1.807, 2.05) is 0 Å². The Kier molecular flexibility index (Phi) is 8.97. The van der Waals surface area contributed by atoms with Gasteiger partial charge in [-0.3, -0.25) is 0 Å². The van der Waals surface area contributed by atoms with Gasteiger partial charge in [0.1, 0.15) is 0 Å². The molecule has 0 fully saturated rings. The second-order valence-electron chi connectivity index (χ2n) is 15.4. The second-order valence-corrected chi connectivity index (χ2v) is 15.4. The average molecular weight is 656 g/mol. The molecule has 0 N–H and O–H groups in total. The largest absolute Gasteiger partial charge is 0.333 e. The number of benzene rings is 5. The summed E-state index contributed by atoms with van der Waals surface area (Å²) in [7, 11) is 0. The van der Waals surface area contributed by atoms with Crippen LogP contribution < -0.4 is 4.90 Å². The fourth-order valence-corrected chi connectivity index (χ4v) is 8.45. The van der Waals surface area contributed by atoms with Crippen LogP contribution in [0.25, 0.3) is 16.8 Å². The van der Waals surface area contributed by atoms with Gasteiger partial charge in [0.2, 0.25) is 0 Å². The van der Waals surface area contributed by atoms with Crippen LogP contribution in [0.3, 0.4) is 0 Å². The molecule has 5 aromatic rings. The lowest BCUT2D eigenvalue weighted by Gasteiger charge is -2.42. The van der Waals surface area contributed by atoms with Crippen molar-refractivity contribution in [2.45, 2.75) is 93.5 Å². The van der Waals surface area contributed by atoms with E-state index in [0.717, 1.165) is 6.42 Å². The molecule has 2 aliphatic carbocycles. The van der Waals surface area contributed by atoms with Gasteiger partial charge in [0.15, 0.2) is 0 Å². The van der Waals surface area contributed by atoms with Crippen molar-refractivity contribution in [3.63, 3.8) is 0 Å². The number of hydrogen-bond donors (Lipinski definition) is 0. The Labute approximate surface area is 301 Å². The van der Waals surface area contributed by atoms with Crippen molar-refractivity contribution in [1.82, 2.24) is 0 Å². The van der Waals surface area contributed by atoms with Crippen molar-refractivity contribution in [2.24, 2.45) is 5.92 Å². The predicted octanol–water partition coefficient (Wildman–Crippen LogP) is 13.4. The molecule has 0 radical (unpaired) electrons. The summed E-state index contributed by atoms with van der Waals surface area (Å²) in [6, 6.07) is 30.8. The number of allylic oxidation sites excluding steroid dienone is 3. The molecule has 2 aliphatic rings. The molecule has 3 unspecified atom stereocenters. The highest BCUT2D eigenvalue weighted by atomic mass is 15.2. The van der Waals surface area contributed by atoms with Gasteiger partial charge in [0, 0.05) is 22.9 Å². The average Bonchev–Trinajstić information content (AvgIpc) is 3.10. The van der Waals surface area contributed by atoms with Crippen LogP contribution in [0.15, 0.2) is 108 Å². The van der Waals surface area contributed by atoms with Gasteiger partial charge in [-0.25, -0.2) is 0 Å². The molecule has 0 saturated carbocycles. The second kappa shape index (κ2) is 13.3. The van der Waals surface area contributed by atoms with Gasteiger partial charge in [-0.1, -0.05) is 116 Å². The molecular formula is C49H53N. The Morgan fingerprint density at radius 2 is 1.20 bits per heavy atom. The molecule has 0 saturated heterocycles. The van der Waals surface area contributed by atoms with Gasteiger partial charge in [-0.05, 0) is 146 Å². The van der Waals surface area contributed by atoms with E-state index < -0.39 is 0 Å². The molecule has 7 rings (SSSR count). The number of hydrogen-bond acceptors (Lipinski definition) is 1. The van der Waals surface area contributed by atoms with Gasteiger partial charge in [-0.2, -0.15) is 0 Å². The summed E-state index contributed by atoms with van der Waals surface area (Å²) in [5.41, 5.74) is 20.5. The number of nitrogens with zero attached hydrogens (tertiary/aromatic N) is 1. The smallest absolute Gasteiger partial charge is 0.0588 e. The molecule has 1 nitrogen and oxygen atoms in total. The maximum Gasteiger partial charge on any atom is 0.0588 e. The van der Waals surface area contributed by atoms with Gasteiger partial charge in [0.25, 0.3) is 0 Å². The zero-order valence-electron chi connectivity index (χ0n) is 31.8. The van der Waals surface area contributed by atoms with E-state index in [-0.39, 0.29) is 12.0 Å². The third-order valence-corrected chi connectivity index (χ3v) is 12.3. The molecule has 0 aliphatic heterocycles. The minimum absolute atomic E-state index is 0.0904. The van der Waals surface area contributed by atoms with Gasteiger partial charge < -0.3 is 4.90 Å². The van der Waals surface area contributed by atoms with Crippen LogP contribution in [0, 0.1) is 47.5 Å². The Hall–Kier alpha value is -4.62. The zero-order valence-corrected chi connectivity index (χ0v) is 31.8. The summed E-state index contributed by atoms with van der Waals surface area (Å²) >= 11 is 0. The number of anilines is 2. The molecule has 3 atom stereocenters. The molecule has 0 heterocycles. The van der Waals surface area contributed by atoms with Crippen LogP contribution in [-0.4, -0.2) is 6.04 Å². The van der Waals surface area contributed by atoms with Crippen LogP contribution in [0.4, 0.5) is 11.4 Å². The Morgan fingerprint density at radius 1 is 0.620 bits per heavy atom. The first-order chi connectivity index (χ1) is 24.0. The summed E-state index contributed by atoms with van der Waals surface area (Å²) in [5.74, 6) is 0.820. The molecule has 0 bridgehead atoms. The normalized spacial score (nSPS) is 18.7. The molecule has 254 valence electrons. The number of fused-ring (bicyclic) bond motifs is 2. The monoisotopic (exact) mass is 655 g/mol. The highest BCUT2D eigenvalue weighted by Gasteiger charge is 2.35. The number of aryl methyl sites for hydroxylation is 6. The summed E-state index contributed by atoms with van der Waals surface area (Å²) in [6.07, 6.45) is 10.7. The third-order valence-electron chi connectivity index (χ3n) is 12.3. The van der Waals surface area contributed by atoms with E-state index >= 15 is 0 Å². The van der Waals surface area contributed by atoms with E-state index in [0.29, 0.717) is 11.8 Å². The van der Waals surface area contributed by atoms with Crippen LogP contribution in [0.1, 0.15) is 107 Å². The van der Waals surface area contributed by atoms with E-state index in [4.69, 9.17) is 0 Å². The van der Waals surface area contributed by atoms with Crippen LogP contribution >= 0.6 is 0 Å². The first-order valence-corrected chi connectivity index (χ1v) is 18.6. The summed E-state index contributed by atoms with van der Waals surface area (Å²) < 4.78 is 0. The van der Waals surface area contributed by atoms with Gasteiger partial charge in [-0.15, -0.1) is 0 Å². The molecule has 5 aromatic carbocycles. The topological polar surface area (TPSA) is 3.24 Å². The minimum atomic E-state index is 0.0904.